The van der Waals surface area contributed by atoms with E-state index in [2.05, 4.69) is 22.5 Å². The summed E-state index contributed by atoms with van der Waals surface area (Å²) in [5.74, 6) is 0. The average Bonchev–Trinajstić information content (AvgIpc) is 2.87. The molecule has 0 radical (unpaired) electrons. The highest BCUT2D eigenvalue weighted by Gasteiger charge is 2.05. The van der Waals surface area contributed by atoms with Gasteiger partial charge >= 0.3 is 0 Å². The van der Waals surface area contributed by atoms with Crippen molar-refractivity contribution in [1.82, 2.24) is 15.2 Å². The molecule has 0 saturated carbocycles. The summed E-state index contributed by atoms with van der Waals surface area (Å²) in [4.78, 5) is 12.7. The summed E-state index contributed by atoms with van der Waals surface area (Å²) in [6.07, 6.45) is 1.62. The molecule has 1 heterocycles. The number of hydrogen-bond donors (Lipinski definition) is 3. The van der Waals surface area contributed by atoms with Gasteiger partial charge in [-0.2, -0.15) is 0 Å². The molecule has 5 heteroatoms. The molecule has 25 heavy (non-hydrogen) atoms. The second-order valence-corrected chi connectivity index (χ2v) is 6.19. The van der Waals surface area contributed by atoms with Crippen LogP contribution in [0, 0.1) is 20.8 Å². The highest BCUT2D eigenvalue weighted by molar-refractivity contribution is 5.45. The lowest BCUT2D eigenvalue weighted by atomic mass is 10.1. The van der Waals surface area contributed by atoms with Crippen LogP contribution in [0.25, 0.3) is 18.5 Å². The molecule has 2 aromatic carbocycles. The van der Waals surface area contributed by atoms with Gasteiger partial charge in [-0.15, -0.1) is 0 Å². The first-order valence-corrected chi connectivity index (χ1v) is 8.12. The van der Waals surface area contributed by atoms with Crippen molar-refractivity contribution in [1.29, 1.82) is 0 Å². The van der Waals surface area contributed by atoms with E-state index in [0.717, 1.165) is 16.9 Å². The third kappa shape index (κ3) is 3.50. The van der Waals surface area contributed by atoms with Crippen molar-refractivity contribution in [3.8, 4) is 5.69 Å². The summed E-state index contributed by atoms with van der Waals surface area (Å²) >= 11 is 0. The highest BCUT2D eigenvalue weighted by atomic mass is 16.1. The maximum atomic E-state index is 12.7. The first-order valence-electron chi connectivity index (χ1n) is 8.12. The Bertz CT molecular complexity index is 1060. The zero-order chi connectivity index (χ0) is 18.0. The summed E-state index contributed by atoms with van der Waals surface area (Å²) in [7, 11) is 0. The highest BCUT2D eigenvalue weighted by Crippen LogP contribution is 2.11. The number of H-pyrrole nitrogens is 1. The minimum atomic E-state index is -0.147. The molecule has 0 aliphatic heterocycles. The standard InChI is InChI=1S/C20H22N4O/c1-13-5-8-17(9-6-13)22-21-12-19-16(4)23-24(20(19)25)18-10-7-14(2)15(3)11-18/h5-12,21-23H,4H2,1-3H3. The van der Waals surface area contributed by atoms with E-state index in [-0.39, 0.29) is 5.56 Å². The number of hydrazine groups is 1. The van der Waals surface area contributed by atoms with Crippen molar-refractivity contribution in [2.45, 2.75) is 20.8 Å². The van der Waals surface area contributed by atoms with Gasteiger partial charge in [-0.1, -0.05) is 30.3 Å². The minimum absolute atomic E-state index is 0.147. The Balaban J connectivity index is 1.89. The van der Waals surface area contributed by atoms with Crippen LogP contribution in [0.2, 0.25) is 0 Å². The van der Waals surface area contributed by atoms with E-state index < -0.39 is 0 Å². The molecule has 1 aromatic heterocycles. The molecule has 128 valence electrons. The molecule has 0 spiro atoms. The fourth-order valence-corrected chi connectivity index (χ4v) is 2.52. The number of aromatic nitrogens is 2. The Kier molecular flexibility index (Phi) is 4.48. The van der Waals surface area contributed by atoms with E-state index in [1.165, 1.54) is 15.8 Å². The predicted octanol–water partition coefficient (Wildman–Crippen LogP) is 1.86. The van der Waals surface area contributed by atoms with Gasteiger partial charge in [0.15, 0.2) is 0 Å². The largest absolute Gasteiger partial charge is 0.307 e. The first kappa shape index (κ1) is 16.6. The van der Waals surface area contributed by atoms with Crippen molar-refractivity contribution in [3.05, 3.63) is 80.1 Å². The second-order valence-electron chi connectivity index (χ2n) is 6.19. The van der Waals surface area contributed by atoms with Crippen molar-refractivity contribution in [3.63, 3.8) is 0 Å². The van der Waals surface area contributed by atoms with Crippen LogP contribution in [0.1, 0.15) is 16.7 Å². The van der Waals surface area contributed by atoms with Gasteiger partial charge < -0.3 is 10.9 Å². The zero-order valence-corrected chi connectivity index (χ0v) is 14.7. The Morgan fingerprint density at radius 3 is 2.44 bits per heavy atom. The second kappa shape index (κ2) is 6.73. The molecule has 0 aliphatic carbocycles. The van der Waals surface area contributed by atoms with E-state index >= 15 is 0 Å². The van der Waals surface area contributed by atoms with Crippen LogP contribution in [0.5, 0.6) is 0 Å². The molecule has 3 rings (SSSR count). The van der Waals surface area contributed by atoms with Gasteiger partial charge in [0.1, 0.15) is 0 Å². The number of hydrogen-bond acceptors (Lipinski definition) is 3. The molecule has 0 saturated heterocycles. The Hall–Kier alpha value is -3.21. The smallest absolute Gasteiger partial charge is 0.280 e. The van der Waals surface area contributed by atoms with E-state index in [0.29, 0.717) is 10.6 Å². The fraction of sp³-hybridized carbons (Fsp3) is 0.150. The molecule has 0 atom stereocenters. The summed E-state index contributed by atoms with van der Waals surface area (Å²) in [6.45, 7) is 10.0. The third-order valence-electron chi connectivity index (χ3n) is 4.24. The Morgan fingerprint density at radius 2 is 1.76 bits per heavy atom. The molecule has 0 unspecified atom stereocenters. The van der Waals surface area contributed by atoms with Crippen molar-refractivity contribution in [2.75, 3.05) is 5.43 Å². The summed E-state index contributed by atoms with van der Waals surface area (Å²) in [5.41, 5.74) is 11.1. The number of benzene rings is 2. The topological polar surface area (TPSA) is 61.9 Å². The number of rotatable bonds is 4. The average molecular weight is 334 g/mol. The third-order valence-corrected chi connectivity index (χ3v) is 4.24. The maximum absolute atomic E-state index is 12.7. The van der Waals surface area contributed by atoms with Crippen LogP contribution >= 0.6 is 0 Å². The molecular weight excluding hydrogens is 312 g/mol. The molecular formula is C20H22N4O. The van der Waals surface area contributed by atoms with Crippen LogP contribution < -0.4 is 27.0 Å². The number of aromatic amines is 1. The van der Waals surface area contributed by atoms with Gasteiger partial charge in [-0.3, -0.25) is 9.89 Å². The van der Waals surface area contributed by atoms with Crippen LogP contribution in [-0.2, 0) is 0 Å². The van der Waals surface area contributed by atoms with E-state index in [4.69, 9.17) is 0 Å². The molecule has 0 fully saturated rings. The van der Waals surface area contributed by atoms with Gasteiger partial charge in [0.2, 0.25) is 0 Å². The summed E-state index contributed by atoms with van der Waals surface area (Å²) in [5, 5.41) is 4.07. The zero-order valence-electron chi connectivity index (χ0n) is 14.7. The van der Waals surface area contributed by atoms with Crippen molar-refractivity contribution >= 4 is 18.5 Å². The van der Waals surface area contributed by atoms with Crippen molar-refractivity contribution in [2.24, 2.45) is 0 Å². The fourth-order valence-electron chi connectivity index (χ4n) is 2.52. The Labute approximate surface area is 146 Å². The quantitative estimate of drug-likeness (QED) is 0.638. The number of anilines is 1. The summed E-state index contributed by atoms with van der Waals surface area (Å²) in [6, 6.07) is 13.9. The van der Waals surface area contributed by atoms with Gasteiger partial charge in [-0.05, 0) is 56.2 Å². The normalized spacial score (nSPS) is 11.6. The van der Waals surface area contributed by atoms with Crippen molar-refractivity contribution < 1.29 is 0 Å². The SMILES string of the molecule is C=c1[nH]n(-c2ccc(C)c(C)c2)c(=O)c1=CNNc1ccc(C)cc1. The lowest BCUT2D eigenvalue weighted by Crippen LogP contribution is -2.37. The first-order chi connectivity index (χ1) is 12.0. The van der Waals surface area contributed by atoms with E-state index in [1.54, 1.807) is 6.20 Å². The molecule has 5 nitrogen and oxygen atoms in total. The molecule has 3 aromatic rings. The lowest BCUT2D eigenvalue weighted by molar-refractivity contribution is 0.836. The molecule has 0 amide bonds. The van der Waals surface area contributed by atoms with Gasteiger partial charge in [-0.25, -0.2) is 4.68 Å². The molecule has 0 aliphatic rings. The Morgan fingerprint density at radius 1 is 1.04 bits per heavy atom. The maximum Gasteiger partial charge on any atom is 0.280 e. The van der Waals surface area contributed by atoms with Crippen LogP contribution in [0.3, 0.4) is 0 Å². The van der Waals surface area contributed by atoms with Gasteiger partial charge in [0.05, 0.1) is 21.9 Å². The summed E-state index contributed by atoms with van der Waals surface area (Å²) < 4.78 is 1.51. The van der Waals surface area contributed by atoms with Gasteiger partial charge in [0.25, 0.3) is 5.56 Å². The van der Waals surface area contributed by atoms with Crippen LogP contribution in [0.4, 0.5) is 5.69 Å². The molecule has 0 bridgehead atoms. The van der Waals surface area contributed by atoms with Crippen LogP contribution in [0.15, 0.2) is 47.3 Å². The molecule has 3 N–H and O–H groups in total. The minimum Gasteiger partial charge on any atom is -0.307 e. The monoisotopic (exact) mass is 334 g/mol. The number of nitrogens with one attached hydrogen (secondary N) is 3. The van der Waals surface area contributed by atoms with E-state index in [1.807, 2.05) is 63.2 Å². The number of nitrogens with zero attached hydrogens (tertiary/aromatic N) is 1. The number of aryl methyl sites for hydroxylation is 3. The van der Waals surface area contributed by atoms with Crippen LogP contribution in [-0.4, -0.2) is 9.78 Å². The predicted molar refractivity (Wildman–Crippen MR) is 103 cm³/mol. The van der Waals surface area contributed by atoms with E-state index in [9.17, 15) is 4.79 Å². The van der Waals surface area contributed by atoms with Gasteiger partial charge in [0, 0.05) is 6.20 Å². The lowest BCUT2D eigenvalue weighted by Gasteiger charge is -2.05.